The van der Waals surface area contributed by atoms with Crippen LogP contribution in [0.4, 0.5) is 0 Å². The van der Waals surface area contributed by atoms with Gasteiger partial charge in [0, 0.05) is 6.04 Å². The molecule has 1 atom stereocenters. The Morgan fingerprint density at radius 2 is 2.33 bits per heavy atom. The highest BCUT2D eigenvalue weighted by atomic mass is 16.3. The van der Waals surface area contributed by atoms with E-state index in [0.717, 1.165) is 12.8 Å². The van der Waals surface area contributed by atoms with Gasteiger partial charge in [-0.15, -0.1) is 0 Å². The largest absolute Gasteiger partial charge is 0.368 e. The number of hydrogen-bond donors (Lipinski definition) is 3. The van der Waals surface area contributed by atoms with E-state index in [1.807, 2.05) is 6.92 Å². The van der Waals surface area contributed by atoms with Gasteiger partial charge in [0.25, 0.3) is 5.91 Å². The van der Waals surface area contributed by atoms with Gasteiger partial charge < -0.3 is 10.4 Å². The van der Waals surface area contributed by atoms with Gasteiger partial charge in [0.15, 0.2) is 5.72 Å². The summed E-state index contributed by atoms with van der Waals surface area (Å²) in [4.78, 5) is 11.2. The molecule has 0 heterocycles. The summed E-state index contributed by atoms with van der Waals surface area (Å²) in [6.45, 7) is 1.88. The summed E-state index contributed by atoms with van der Waals surface area (Å²) < 4.78 is 0. The van der Waals surface area contributed by atoms with Gasteiger partial charge in [-0.3, -0.25) is 10.5 Å². The van der Waals surface area contributed by atoms with E-state index in [1.165, 1.54) is 0 Å². The highest BCUT2D eigenvalue weighted by Crippen LogP contribution is 2.19. The molecule has 4 N–H and O–H groups in total. The number of carbonyl (C=O) groups is 1. The van der Waals surface area contributed by atoms with E-state index < -0.39 is 11.6 Å². The van der Waals surface area contributed by atoms with Crippen LogP contribution >= 0.6 is 0 Å². The summed E-state index contributed by atoms with van der Waals surface area (Å²) in [6, 6.07) is 0.254. The third-order valence-electron chi connectivity index (χ3n) is 1.94. The van der Waals surface area contributed by atoms with E-state index in [9.17, 15) is 9.90 Å². The molecule has 1 saturated carbocycles. The first-order valence-electron chi connectivity index (χ1n) is 4.38. The van der Waals surface area contributed by atoms with Crippen molar-refractivity contribution in [2.75, 3.05) is 0 Å². The average molecular weight is 172 g/mol. The van der Waals surface area contributed by atoms with E-state index >= 15 is 0 Å². The second-order valence-electron chi connectivity index (χ2n) is 3.42. The monoisotopic (exact) mass is 172 g/mol. The smallest absolute Gasteiger partial charge is 0.267 e. The Morgan fingerprint density at radius 1 is 1.75 bits per heavy atom. The van der Waals surface area contributed by atoms with Crippen molar-refractivity contribution in [3.8, 4) is 0 Å². The predicted molar refractivity (Wildman–Crippen MR) is 45.2 cm³/mol. The molecule has 0 radical (unpaired) electrons. The van der Waals surface area contributed by atoms with Crippen molar-refractivity contribution in [1.82, 2.24) is 5.32 Å². The van der Waals surface area contributed by atoms with Crippen LogP contribution in [0.1, 0.15) is 32.6 Å². The van der Waals surface area contributed by atoms with Crippen molar-refractivity contribution < 1.29 is 9.90 Å². The fourth-order valence-electron chi connectivity index (χ4n) is 1.03. The molecular formula is C8H16N2O2. The van der Waals surface area contributed by atoms with E-state index in [1.54, 1.807) is 0 Å². The molecule has 0 spiro atoms. The molecule has 0 aromatic rings. The molecule has 0 aromatic carbocycles. The molecule has 0 unspecified atom stereocenters. The van der Waals surface area contributed by atoms with Crippen LogP contribution in [0.25, 0.3) is 0 Å². The molecule has 1 aliphatic carbocycles. The van der Waals surface area contributed by atoms with Gasteiger partial charge in [0.2, 0.25) is 0 Å². The Balaban J connectivity index is 2.36. The van der Waals surface area contributed by atoms with Gasteiger partial charge in [-0.1, -0.05) is 13.3 Å². The zero-order valence-corrected chi connectivity index (χ0v) is 7.34. The average Bonchev–Trinajstić information content (AvgIpc) is 2.71. The topological polar surface area (TPSA) is 75.3 Å². The van der Waals surface area contributed by atoms with Crippen molar-refractivity contribution in [3.05, 3.63) is 0 Å². The molecule has 1 fully saturated rings. The number of carbonyl (C=O) groups excluding carboxylic acids is 1. The van der Waals surface area contributed by atoms with Gasteiger partial charge in [0.1, 0.15) is 0 Å². The lowest BCUT2D eigenvalue weighted by atomic mass is 10.1. The molecular weight excluding hydrogens is 156 g/mol. The molecule has 70 valence electrons. The zero-order chi connectivity index (χ0) is 9.19. The van der Waals surface area contributed by atoms with Gasteiger partial charge in [-0.2, -0.15) is 0 Å². The standard InChI is InChI=1S/C8H16N2O2/c1-2-5-8(9,12)7(11)10-6-3-4-6/h6,12H,2-5,9H2,1H3,(H,10,11)/t8-/m0/s1. The molecule has 12 heavy (non-hydrogen) atoms. The van der Waals surface area contributed by atoms with Crippen molar-refractivity contribution in [2.24, 2.45) is 5.73 Å². The van der Waals surface area contributed by atoms with Gasteiger partial charge in [-0.25, -0.2) is 0 Å². The second-order valence-corrected chi connectivity index (χ2v) is 3.42. The lowest BCUT2D eigenvalue weighted by Crippen LogP contribution is -2.54. The molecule has 0 bridgehead atoms. The van der Waals surface area contributed by atoms with Crippen LogP contribution in [0.3, 0.4) is 0 Å². The zero-order valence-electron chi connectivity index (χ0n) is 7.34. The number of nitrogens with two attached hydrogens (primary N) is 1. The summed E-state index contributed by atoms with van der Waals surface area (Å²) >= 11 is 0. The van der Waals surface area contributed by atoms with Gasteiger partial charge in [-0.05, 0) is 19.3 Å². The number of nitrogens with one attached hydrogen (secondary N) is 1. The minimum absolute atomic E-state index is 0.254. The molecule has 0 saturated heterocycles. The third-order valence-corrected chi connectivity index (χ3v) is 1.94. The highest BCUT2D eigenvalue weighted by molar-refractivity contribution is 5.84. The van der Waals surface area contributed by atoms with Crippen LogP contribution in [0, 0.1) is 0 Å². The van der Waals surface area contributed by atoms with E-state index in [0.29, 0.717) is 12.8 Å². The summed E-state index contributed by atoms with van der Waals surface area (Å²) in [5.74, 6) is -0.438. The number of hydrogen-bond acceptors (Lipinski definition) is 3. The fourth-order valence-corrected chi connectivity index (χ4v) is 1.03. The van der Waals surface area contributed by atoms with Crippen molar-refractivity contribution in [3.63, 3.8) is 0 Å². The van der Waals surface area contributed by atoms with Crippen LogP contribution in [-0.2, 0) is 4.79 Å². The number of rotatable bonds is 4. The number of amides is 1. The first-order chi connectivity index (χ1) is 5.56. The Morgan fingerprint density at radius 3 is 2.75 bits per heavy atom. The van der Waals surface area contributed by atoms with Crippen LogP contribution in [0.5, 0.6) is 0 Å². The van der Waals surface area contributed by atoms with Crippen molar-refractivity contribution in [1.29, 1.82) is 0 Å². The van der Waals surface area contributed by atoms with Crippen LogP contribution in [-0.4, -0.2) is 22.8 Å². The van der Waals surface area contributed by atoms with E-state index in [2.05, 4.69) is 5.32 Å². The lowest BCUT2D eigenvalue weighted by molar-refractivity contribution is -0.140. The molecule has 1 amide bonds. The molecule has 0 aromatic heterocycles. The van der Waals surface area contributed by atoms with Crippen LogP contribution in [0.2, 0.25) is 0 Å². The summed E-state index contributed by atoms with van der Waals surface area (Å²) in [5, 5.41) is 12.1. The molecule has 0 aliphatic heterocycles. The van der Waals surface area contributed by atoms with E-state index in [4.69, 9.17) is 5.73 Å². The normalized spacial score (nSPS) is 21.6. The quantitative estimate of drug-likeness (QED) is 0.510. The third kappa shape index (κ3) is 2.46. The van der Waals surface area contributed by atoms with Gasteiger partial charge >= 0.3 is 0 Å². The van der Waals surface area contributed by atoms with Crippen molar-refractivity contribution >= 4 is 5.91 Å². The summed E-state index contributed by atoms with van der Waals surface area (Å²) in [6.07, 6.45) is 3.03. The Kier molecular flexibility index (Phi) is 2.69. The lowest BCUT2D eigenvalue weighted by Gasteiger charge is -2.20. The van der Waals surface area contributed by atoms with E-state index in [-0.39, 0.29) is 6.04 Å². The first kappa shape index (κ1) is 9.48. The fraction of sp³-hybridized carbons (Fsp3) is 0.875. The maximum atomic E-state index is 11.2. The molecule has 4 nitrogen and oxygen atoms in total. The maximum Gasteiger partial charge on any atom is 0.267 e. The Bertz CT molecular complexity index is 176. The highest BCUT2D eigenvalue weighted by Gasteiger charge is 2.34. The molecule has 1 rings (SSSR count). The second kappa shape index (κ2) is 3.41. The molecule has 1 aliphatic rings. The Hall–Kier alpha value is -0.610. The Labute approximate surface area is 72.1 Å². The minimum Gasteiger partial charge on any atom is -0.368 e. The summed E-state index contributed by atoms with van der Waals surface area (Å²) in [7, 11) is 0. The minimum atomic E-state index is -1.67. The van der Waals surface area contributed by atoms with Crippen LogP contribution in [0.15, 0.2) is 0 Å². The first-order valence-corrected chi connectivity index (χ1v) is 4.38. The van der Waals surface area contributed by atoms with Gasteiger partial charge in [0.05, 0.1) is 0 Å². The maximum absolute atomic E-state index is 11.2. The molecule has 4 heteroatoms. The number of aliphatic hydroxyl groups is 1. The predicted octanol–water partition coefficient (Wildman–Crippen LogP) is -0.288. The van der Waals surface area contributed by atoms with Crippen molar-refractivity contribution in [2.45, 2.75) is 44.4 Å². The summed E-state index contributed by atoms with van der Waals surface area (Å²) in [5.41, 5.74) is 3.72. The van der Waals surface area contributed by atoms with Crippen LogP contribution < -0.4 is 11.1 Å². The SMILES string of the molecule is CCC[C@](N)(O)C(=O)NC1CC1.